The van der Waals surface area contributed by atoms with E-state index in [1.54, 1.807) is 0 Å². The molecule has 0 saturated heterocycles. The van der Waals surface area contributed by atoms with E-state index in [2.05, 4.69) is 5.10 Å². The van der Waals surface area contributed by atoms with Crippen LogP contribution in [0.2, 0.25) is 0 Å². The zero-order valence-electron chi connectivity index (χ0n) is 7.30. The quantitative estimate of drug-likeness (QED) is 0.719. The van der Waals surface area contributed by atoms with Gasteiger partial charge in [-0.05, 0) is 0 Å². The Labute approximate surface area is 81.8 Å². The molecular weight excluding hydrogens is 209 g/mol. The Morgan fingerprint density at radius 3 is 2.33 bits per heavy atom. The van der Waals surface area contributed by atoms with Gasteiger partial charge >= 0.3 is 0 Å². The fraction of sp³-hybridized carbons (Fsp3) is 0. The van der Waals surface area contributed by atoms with E-state index in [0.29, 0.717) is 12.1 Å². The van der Waals surface area contributed by atoms with Crippen LogP contribution < -0.4 is 5.56 Å². The lowest BCUT2D eigenvalue weighted by Crippen LogP contribution is -2.15. The molecule has 0 fully saturated rings. The molecule has 0 aliphatic rings. The highest BCUT2D eigenvalue weighted by atomic mass is 19.2. The van der Waals surface area contributed by atoms with Crippen molar-refractivity contribution in [3.05, 3.63) is 52.2 Å². The summed E-state index contributed by atoms with van der Waals surface area (Å²) in [5.74, 6) is -3.53. The lowest BCUT2D eigenvalue weighted by Gasteiger charge is -2.03. The van der Waals surface area contributed by atoms with E-state index in [1.165, 1.54) is 6.20 Å². The van der Waals surface area contributed by atoms with Crippen molar-refractivity contribution < 1.29 is 13.2 Å². The first-order valence-electron chi connectivity index (χ1n) is 4.01. The summed E-state index contributed by atoms with van der Waals surface area (Å²) < 4.78 is 39.4. The maximum Gasteiger partial charge on any atom is 0.271 e. The number of hydrogen-bond acceptors (Lipinski definition) is 1. The molecule has 1 heterocycles. The number of aromatic amines is 1. The van der Waals surface area contributed by atoms with Crippen LogP contribution in [0.15, 0.2) is 29.2 Å². The Morgan fingerprint density at radius 1 is 1.07 bits per heavy atom. The Hall–Kier alpha value is -1.98. The molecule has 15 heavy (non-hydrogen) atoms. The van der Waals surface area contributed by atoms with Crippen LogP contribution in [0, 0.1) is 17.5 Å². The Bertz CT molecular complexity index is 559. The molecule has 1 aromatic heterocycles. The van der Waals surface area contributed by atoms with Crippen molar-refractivity contribution in [3.63, 3.8) is 0 Å². The summed E-state index contributed by atoms with van der Waals surface area (Å²) in [4.78, 5) is 11.1. The van der Waals surface area contributed by atoms with Crippen molar-refractivity contribution in [2.45, 2.75) is 0 Å². The summed E-state index contributed by atoms with van der Waals surface area (Å²) in [6.07, 6.45) is 1.27. The zero-order chi connectivity index (χ0) is 11.0. The van der Waals surface area contributed by atoms with Gasteiger partial charge < -0.3 is 0 Å². The maximum atomic E-state index is 13.2. The van der Waals surface area contributed by atoms with E-state index < -0.39 is 23.0 Å². The topological polar surface area (TPSA) is 37.8 Å². The summed E-state index contributed by atoms with van der Waals surface area (Å²) in [5, 5.41) is 2.38. The van der Waals surface area contributed by atoms with Gasteiger partial charge in [-0.1, -0.05) is 0 Å². The van der Waals surface area contributed by atoms with Crippen LogP contribution >= 0.6 is 0 Å². The van der Waals surface area contributed by atoms with Crippen LogP contribution in [0.4, 0.5) is 13.2 Å². The van der Waals surface area contributed by atoms with E-state index in [9.17, 15) is 18.0 Å². The SMILES string of the molecule is O=c1cc[nH]n1-c1cc(F)c(F)cc1F. The van der Waals surface area contributed by atoms with Gasteiger partial charge in [-0.3, -0.25) is 9.89 Å². The lowest BCUT2D eigenvalue weighted by molar-refractivity contribution is 0.491. The van der Waals surface area contributed by atoms with Crippen molar-refractivity contribution >= 4 is 0 Å². The normalized spacial score (nSPS) is 10.6. The fourth-order valence-electron chi connectivity index (χ4n) is 1.19. The maximum absolute atomic E-state index is 13.2. The van der Waals surface area contributed by atoms with Crippen molar-refractivity contribution in [1.82, 2.24) is 9.78 Å². The van der Waals surface area contributed by atoms with E-state index in [0.717, 1.165) is 10.7 Å². The summed E-state index contributed by atoms with van der Waals surface area (Å²) in [5.41, 5.74) is -0.913. The molecule has 78 valence electrons. The van der Waals surface area contributed by atoms with Gasteiger partial charge in [0.25, 0.3) is 5.56 Å². The Kier molecular flexibility index (Phi) is 2.11. The number of hydrogen-bond donors (Lipinski definition) is 1. The summed E-state index contributed by atoms with van der Waals surface area (Å²) in [6, 6.07) is 2.14. The van der Waals surface area contributed by atoms with Crippen LogP contribution in [0.5, 0.6) is 0 Å². The molecule has 0 aliphatic heterocycles. The number of nitrogens with one attached hydrogen (secondary N) is 1. The Balaban J connectivity index is 2.69. The molecule has 0 saturated carbocycles. The number of aromatic nitrogens is 2. The zero-order valence-corrected chi connectivity index (χ0v) is 7.30. The molecule has 0 unspecified atom stereocenters. The highest BCUT2D eigenvalue weighted by molar-refractivity contribution is 5.33. The summed E-state index contributed by atoms with van der Waals surface area (Å²) >= 11 is 0. The van der Waals surface area contributed by atoms with Crippen molar-refractivity contribution in [1.29, 1.82) is 0 Å². The van der Waals surface area contributed by atoms with E-state index in [1.807, 2.05) is 0 Å². The molecule has 1 N–H and O–H groups in total. The minimum Gasteiger partial charge on any atom is -0.298 e. The third-order valence-corrected chi connectivity index (χ3v) is 1.88. The second-order valence-electron chi connectivity index (χ2n) is 2.85. The predicted molar refractivity (Wildman–Crippen MR) is 46.3 cm³/mol. The fourth-order valence-corrected chi connectivity index (χ4v) is 1.19. The van der Waals surface area contributed by atoms with Gasteiger partial charge in [0.15, 0.2) is 17.5 Å². The highest BCUT2D eigenvalue weighted by Crippen LogP contribution is 2.15. The number of nitrogens with zero attached hydrogens (tertiary/aromatic N) is 1. The largest absolute Gasteiger partial charge is 0.298 e. The monoisotopic (exact) mass is 214 g/mol. The van der Waals surface area contributed by atoms with Crippen LogP contribution in [0.3, 0.4) is 0 Å². The van der Waals surface area contributed by atoms with Gasteiger partial charge in [0.1, 0.15) is 5.69 Å². The van der Waals surface area contributed by atoms with Crippen LogP contribution in [0.25, 0.3) is 5.69 Å². The first-order valence-corrected chi connectivity index (χ1v) is 4.01. The van der Waals surface area contributed by atoms with Gasteiger partial charge in [-0.15, -0.1) is 0 Å². The first-order chi connectivity index (χ1) is 7.09. The molecule has 3 nitrogen and oxygen atoms in total. The van der Waals surface area contributed by atoms with Gasteiger partial charge in [0, 0.05) is 24.4 Å². The molecule has 2 aromatic rings. The average molecular weight is 214 g/mol. The standard InChI is InChI=1S/C9H5F3N2O/c10-5-3-7(12)8(4-6(5)11)14-9(15)1-2-13-14/h1-4,13H. The van der Waals surface area contributed by atoms with E-state index >= 15 is 0 Å². The molecule has 0 spiro atoms. The van der Waals surface area contributed by atoms with Crippen LogP contribution in [-0.2, 0) is 0 Å². The van der Waals surface area contributed by atoms with Gasteiger partial charge in [0.2, 0.25) is 0 Å². The minimum atomic E-state index is -1.30. The van der Waals surface area contributed by atoms with E-state index in [-0.39, 0.29) is 5.69 Å². The van der Waals surface area contributed by atoms with Gasteiger partial charge in [-0.2, -0.15) is 0 Å². The molecule has 0 bridgehead atoms. The number of H-pyrrole nitrogens is 1. The number of rotatable bonds is 1. The Morgan fingerprint density at radius 2 is 1.73 bits per heavy atom. The van der Waals surface area contributed by atoms with Crippen molar-refractivity contribution in [3.8, 4) is 5.69 Å². The highest BCUT2D eigenvalue weighted by Gasteiger charge is 2.12. The average Bonchev–Trinajstić information content (AvgIpc) is 2.58. The molecular formula is C9H5F3N2O. The molecule has 0 radical (unpaired) electrons. The summed E-state index contributed by atoms with van der Waals surface area (Å²) in [7, 11) is 0. The van der Waals surface area contributed by atoms with Crippen LogP contribution in [0.1, 0.15) is 0 Å². The molecule has 6 heteroatoms. The minimum absolute atomic E-state index is 0.357. The molecule has 0 atom stereocenters. The van der Waals surface area contributed by atoms with Crippen LogP contribution in [-0.4, -0.2) is 9.78 Å². The van der Waals surface area contributed by atoms with Gasteiger partial charge in [-0.25, -0.2) is 17.9 Å². The number of benzene rings is 1. The lowest BCUT2D eigenvalue weighted by atomic mass is 10.3. The van der Waals surface area contributed by atoms with E-state index in [4.69, 9.17) is 0 Å². The number of halogens is 3. The second kappa shape index (κ2) is 3.30. The molecule has 0 amide bonds. The molecule has 1 aromatic carbocycles. The second-order valence-corrected chi connectivity index (χ2v) is 2.85. The van der Waals surface area contributed by atoms with Gasteiger partial charge in [0.05, 0.1) is 0 Å². The smallest absolute Gasteiger partial charge is 0.271 e. The molecule has 2 rings (SSSR count). The van der Waals surface area contributed by atoms with Crippen molar-refractivity contribution in [2.24, 2.45) is 0 Å². The third-order valence-electron chi connectivity index (χ3n) is 1.88. The molecule has 0 aliphatic carbocycles. The third kappa shape index (κ3) is 1.54. The first kappa shape index (κ1) is 9.57. The summed E-state index contributed by atoms with van der Waals surface area (Å²) in [6.45, 7) is 0. The van der Waals surface area contributed by atoms with Crippen molar-refractivity contribution in [2.75, 3.05) is 0 Å². The predicted octanol–water partition coefficient (Wildman–Crippen LogP) is 1.58.